The largest absolute Gasteiger partial charge is 0.459 e. The van der Waals surface area contributed by atoms with Gasteiger partial charge in [0, 0.05) is 12.5 Å². The lowest BCUT2D eigenvalue weighted by Crippen LogP contribution is -2.57. The minimum absolute atomic E-state index is 0.102. The van der Waals surface area contributed by atoms with E-state index in [0.717, 1.165) is 56.9 Å². The van der Waals surface area contributed by atoms with Gasteiger partial charge in [0.15, 0.2) is 5.60 Å². The highest BCUT2D eigenvalue weighted by Crippen LogP contribution is 2.38. The highest BCUT2D eigenvalue weighted by atomic mass is 16.6. The van der Waals surface area contributed by atoms with Crippen molar-refractivity contribution in [3.63, 3.8) is 0 Å². The minimum atomic E-state index is -1.91. The molecule has 1 aliphatic heterocycles. The molecule has 1 aliphatic carbocycles. The van der Waals surface area contributed by atoms with Gasteiger partial charge in [0.05, 0.1) is 7.45 Å². The third kappa shape index (κ3) is 4.42. The highest BCUT2D eigenvalue weighted by molar-refractivity contribution is 5.80. The third-order valence-electron chi connectivity index (χ3n) is 5.47. The molecule has 1 aromatic carbocycles. The average molecular weight is 347 g/mol. The molecule has 4 nitrogen and oxygen atoms in total. The zero-order chi connectivity index (χ0) is 18.5. The van der Waals surface area contributed by atoms with Gasteiger partial charge in [-0.15, -0.1) is 0 Å². The van der Waals surface area contributed by atoms with Crippen molar-refractivity contribution in [2.75, 3.05) is 6.61 Å². The van der Waals surface area contributed by atoms with Crippen molar-refractivity contribution in [1.29, 1.82) is 0 Å². The van der Waals surface area contributed by atoms with Crippen LogP contribution >= 0.6 is 0 Å². The molecule has 3 rings (SSSR count). The first-order valence-electron chi connectivity index (χ1n) is 10.1. The van der Waals surface area contributed by atoms with Crippen LogP contribution in [0.3, 0.4) is 0 Å². The standard InChI is InChI=1S/C21H30O4/c22-20(25-16-17-10-4-3-5-11-17)21(23,19-14-8-9-15-24-19)18-12-6-1-2-7-13-18/h3-5,10-11,18-19,23H,1-2,6-9,12-16H2/i19D. The van der Waals surface area contributed by atoms with Crippen LogP contribution in [-0.2, 0) is 20.9 Å². The van der Waals surface area contributed by atoms with Crippen LogP contribution in [-0.4, -0.2) is 29.4 Å². The summed E-state index contributed by atoms with van der Waals surface area (Å²) < 4.78 is 20.1. The molecule has 25 heavy (non-hydrogen) atoms. The van der Waals surface area contributed by atoms with Crippen molar-refractivity contribution < 1.29 is 20.7 Å². The lowest BCUT2D eigenvalue weighted by atomic mass is 9.76. The van der Waals surface area contributed by atoms with Gasteiger partial charge in [-0.3, -0.25) is 0 Å². The second-order valence-electron chi connectivity index (χ2n) is 7.25. The Hall–Kier alpha value is -1.39. The van der Waals surface area contributed by atoms with Gasteiger partial charge in [-0.1, -0.05) is 56.0 Å². The molecule has 0 spiro atoms. The number of ether oxygens (including phenoxy) is 2. The lowest BCUT2D eigenvalue weighted by Gasteiger charge is -2.41. The normalized spacial score (nSPS) is 28.4. The van der Waals surface area contributed by atoms with Gasteiger partial charge in [-0.05, 0) is 37.7 Å². The first kappa shape index (κ1) is 17.0. The Morgan fingerprint density at radius 3 is 2.44 bits per heavy atom. The fourth-order valence-corrected chi connectivity index (χ4v) is 3.99. The number of hydrogen-bond acceptors (Lipinski definition) is 4. The Kier molecular flexibility index (Phi) is 6.01. The maximum absolute atomic E-state index is 13.1. The van der Waals surface area contributed by atoms with Crippen LogP contribution in [0.4, 0.5) is 0 Å². The molecule has 2 aliphatic rings. The topological polar surface area (TPSA) is 55.8 Å². The van der Waals surface area contributed by atoms with Crippen LogP contribution < -0.4 is 0 Å². The SMILES string of the molecule is [2H]C1(C(O)(C(=O)OCc2ccccc2)C2CCCCCC2)CCCCO1. The molecule has 2 atom stereocenters. The van der Waals surface area contributed by atoms with E-state index in [-0.39, 0.29) is 12.5 Å². The van der Waals surface area contributed by atoms with E-state index in [2.05, 4.69) is 0 Å². The zero-order valence-corrected chi connectivity index (χ0v) is 14.9. The van der Waals surface area contributed by atoms with E-state index in [1.165, 1.54) is 0 Å². The van der Waals surface area contributed by atoms with Crippen LogP contribution in [0, 0.1) is 5.92 Å². The zero-order valence-electron chi connectivity index (χ0n) is 15.9. The van der Waals surface area contributed by atoms with Gasteiger partial charge in [0.25, 0.3) is 0 Å². The van der Waals surface area contributed by atoms with E-state index in [9.17, 15) is 9.90 Å². The van der Waals surface area contributed by atoms with Crippen molar-refractivity contribution in [2.45, 2.75) is 76.1 Å². The van der Waals surface area contributed by atoms with E-state index in [4.69, 9.17) is 10.8 Å². The van der Waals surface area contributed by atoms with Gasteiger partial charge >= 0.3 is 5.97 Å². The van der Waals surface area contributed by atoms with Crippen molar-refractivity contribution in [3.8, 4) is 0 Å². The number of carbonyl (C=O) groups is 1. The molecule has 2 unspecified atom stereocenters. The summed E-state index contributed by atoms with van der Waals surface area (Å²) >= 11 is 0. The monoisotopic (exact) mass is 347 g/mol. The number of benzene rings is 1. The predicted molar refractivity (Wildman–Crippen MR) is 96.0 cm³/mol. The van der Waals surface area contributed by atoms with Gasteiger partial charge in [0.1, 0.15) is 6.61 Å². The van der Waals surface area contributed by atoms with Crippen molar-refractivity contribution in [1.82, 2.24) is 0 Å². The minimum Gasteiger partial charge on any atom is -0.459 e. The van der Waals surface area contributed by atoms with E-state index < -0.39 is 17.7 Å². The summed E-state index contributed by atoms with van der Waals surface area (Å²) in [6, 6.07) is 9.44. The van der Waals surface area contributed by atoms with Crippen LogP contribution in [0.25, 0.3) is 0 Å². The van der Waals surface area contributed by atoms with E-state index in [0.29, 0.717) is 13.0 Å². The third-order valence-corrected chi connectivity index (χ3v) is 5.47. The predicted octanol–water partition coefficient (Wildman–Crippen LogP) is 4.00. The molecular weight excluding hydrogens is 316 g/mol. The summed E-state index contributed by atoms with van der Waals surface area (Å²) in [6.45, 7) is 0.509. The van der Waals surface area contributed by atoms with Crippen LogP contribution in [0.1, 0.15) is 64.7 Å². The van der Waals surface area contributed by atoms with E-state index in [1.54, 1.807) is 0 Å². The summed E-state index contributed by atoms with van der Waals surface area (Å²) in [7, 11) is 0. The Bertz CT molecular complexity index is 577. The first-order chi connectivity index (χ1) is 12.6. The molecule has 138 valence electrons. The molecular formula is C21H30O4. The highest BCUT2D eigenvalue weighted by Gasteiger charge is 2.52. The summed E-state index contributed by atoms with van der Waals surface area (Å²) in [5.41, 5.74) is -1.04. The molecule has 1 N–H and O–H groups in total. The summed E-state index contributed by atoms with van der Waals surface area (Å²) in [5.74, 6) is -0.992. The van der Waals surface area contributed by atoms with E-state index in [1.807, 2.05) is 30.3 Å². The summed E-state index contributed by atoms with van der Waals surface area (Å²) in [5, 5.41) is 11.6. The summed E-state index contributed by atoms with van der Waals surface area (Å²) in [6.07, 6.45) is 6.01. The number of esters is 1. The summed E-state index contributed by atoms with van der Waals surface area (Å²) in [4.78, 5) is 13.1. The van der Waals surface area contributed by atoms with Gasteiger partial charge < -0.3 is 14.6 Å². The fraction of sp³-hybridized carbons (Fsp3) is 0.667. The lowest BCUT2D eigenvalue weighted by molar-refractivity contribution is -0.202. The maximum atomic E-state index is 13.1. The average Bonchev–Trinajstić information content (AvgIpc) is 2.96. The molecule has 0 bridgehead atoms. The van der Waals surface area contributed by atoms with Crippen LogP contribution in [0.2, 0.25) is 0 Å². The van der Waals surface area contributed by atoms with Gasteiger partial charge in [-0.25, -0.2) is 4.79 Å². The van der Waals surface area contributed by atoms with Gasteiger partial charge in [0.2, 0.25) is 0 Å². The molecule has 4 heteroatoms. The van der Waals surface area contributed by atoms with Crippen LogP contribution in [0.15, 0.2) is 30.3 Å². The van der Waals surface area contributed by atoms with Crippen molar-refractivity contribution in [2.24, 2.45) is 5.92 Å². The van der Waals surface area contributed by atoms with Gasteiger partial charge in [-0.2, -0.15) is 0 Å². The molecule has 1 heterocycles. The maximum Gasteiger partial charge on any atom is 0.341 e. The molecule has 2 fully saturated rings. The number of carbonyl (C=O) groups excluding carboxylic acids is 1. The Morgan fingerprint density at radius 1 is 1.12 bits per heavy atom. The number of hydrogen-bond donors (Lipinski definition) is 1. The molecule has 1 saturated heterocycles. The molecule has 1 aromatic rings. The second kappa shape index (κ2) is 8.81. The van der Waals surface area contributed by atoms with Crippen molar-refractivity contribution >= 4 is 5.97 Å². The molecule has 1 saturated carbocycles. The van der Waals surface area contributed by atoms with E-state index >= 15 is 0 Å². The molecule has 0 amide bonds. The Balaban J connectivity index is 1.82. The number of rotatable bonds is 5. The number of aliphatic hydroxyl groups is 1. The Labute approximate surface area is 151 Å². The smallest absolute Gasteiger partial charge is 0.341 e. The quantitative estimate of drug-likeness (QED) is 0.646. The molecule has 0 aromatic heterocycles. The molecule has 0 radical (unpaired) electrons. The van der Waals surface area contributed by atoms with Crippen molar-refractivity contribution in [3.05, 3.63) is 35.9 Å². The fourth-order valence-electron chi connectivity index (χ4n) is 3.99. The Morgan fingerprint density at radius 2 is 1.80 bits per heavy atom. The van der Waals surface area contributed by atoms with Crippen LogP contribution in [0.5, 0.6) is 0 Å². The second-order valence-corrected chi connectivity index (χ2v) is 7.25. The first-order valence-corrected chi connectivity index (χ1v) is 9.64.